The molecule has 4 rings (SSSR count). The van der Waals surface area contributed by atoms with Crippen molar-refractivity contribution in [2.75, 3.05) is 24.6 Å². The van der Waals surface area contributed by atoms with Gasteiger partial charge >= 0.3 is 0 Å². The van der Waals surface area contributed by atoms with Crippen LogP contribution in [0.5, 0.6) is 0 Å². The molecule has 0 bridgehead atoms. The summed E-state index contributed by atoms with van der Waals surface area (Å²) in [4.78, 5) is 14.5. The minimum Gasteiger partial charge on any atom is -0.376 e. The number of ether oxygens (including phenoxy) is 1. The third-order valence-corrected chi connectivity index (χ3v) is 5.34. The van der Waals surface area contributed by atoms with Gasteiger partial charge in [-0.25, -0.2) is 14.4 Å². The zero-order valence-corrected chi connectivity index (χ0v) is 13.6. The monoisotopic (exact) mass is 328 g/mol. The molecule has 0 spiro atoms. The van der Waals surface area contributed by atoms with Gasteiger partial charge in [0.15, 0.2) is 5.82 Å². The maximum atomic E-state index is 13.0. The van der Waals surface area contributed by atoms with Gasteiger partial charge in [0.1, 0.15) is 0 Å². The first-order valence-electron chi connectivity index (χ1n) is 8.44. The lowest BCUT2D eigenvalue weighted by atomic mass is 9.81. The Morgan fingerprint density at radius 2 is 2.04 bits per heavy atom. The number of aromatic nitrogens is 3. The number of rotatable bonds is 5. The molecule has 24 heavy (non-hydrogen) atoms. The second-order valence-electron chi connectivity index (χ2n) is 6.88. The van der Waals surface area contributed by atoms with Crippen LogP contribution in [0.2, 0.25) is 0 Å². The summed E-state index contributed by atoms with van der Waals surface area (Å²) in [6.45, 7) is 3.19. The van der Waals surface area contributed by atoms with Gasteiger partial charge < -0.3 is 9.64 Å². The van der Waals surface area contributed by atoms with Crippen LogP contribution in [-0.4, -0.2) is 34.6 Å². The van der Waals surface area contributed by atoms with Crippen LogP contribution in [-0.2, 0) is 11.3 Å². The first kappa shape index (κ1) is 15.4. The summed E-state index contributed by atoms with van der Waals surface area (Å²) < 4.78 is 19.1. The number of hydrogen-bond acceptors (Lipinski definition) is 5. The molecule has 0 amide bonds. The molecule has 1 aliphatic carbocycles. The highest BCUT2D eigenvalue weighted by Gasteiger charge is 2.50. The summed E-state index contributed by atoms with van der Waals surface area (Å²) in [6.07, 6.45) is 9.70. The molecule has 0 radical (unpaired) electrons. The van der Waals surface area contributed by atoms with Crippen LogP contribution in [0.3, 0.4) is 0 Å². The van der Waals surface area contributed by atoms with E-state index in [0.717, 1.165) is 25.3 Å². The molecule has 1 aliphatic heterocycles. The lowest BCUT2D eigenvalue weighted by Gasteiger charge is -2.28. The highest BCUT2D eigenvalue weighted by Crippen LogP contribution is 2.49. The quantitative estimate of drug-likeness (QED) is 0.845. The normalized spacial score (nSPS) is 25.9. The highest BCUT2D eigenvalue weighted by molar-refractivity contribution is 5.33. The second kappa shape index (κ2) is 6.43. The van der Waals surface area contributed by atoms with Crippen molar-refractivity contribution in [2.24, 2.45) is 11.3 Å². The summed E-state index contributed by atoms with van der Waals surface area (Å²) in [6, 6.07) is 3.97. The predicted molar refractivity (Wildman–Crippen MR) is 87.9 cm³/mol. The second-order valence-corrected chi connectivity index (χ2v) is 6.88. The first-order chi connectivity index (χ1) is 11.8. The molecule has 2 aromatic rings. The molecule has 0 N–H and O–H groups in total. The van der Waals surface area contributed by atoms with Crippen molar-refractivity contribution < 1.29 is 9.13 Å². The molecule has 6 heteroatoms. The van der Waals surface area contributed by atoms with E-state index in [1.807, 2.05) is 12.1 Å². The van der Waals surface area contributed by atoms with Crippen molar-refractivity contribution in [1.82, 2.24) is 15.0 Å². The Balaban J connectivity index is 1.42. The SMILES string of the molecule is Fc1cnc(N2C[C@H]3CCC[C@@]3(COCc3ccncc3)C2)nc1. The van der Waals surface area contributed by atoms with Gasteiger partial charge in [-0.2, -0.15) is 0 Å². The molecule has 0 unspecified atom stereocenters. The minimum atomic E-state index is -0.395. The maximum Gasteiger partial charge on any atom is 0.225 e. The first-order valence-corrected chi connectivity index (χ1v) is 8.44. The Morgan fingerprint density at radius 3 is 2.83 bits per heavy atom. The van der Waals surface area contributed by atoms with E-state index in [-0.39, 0.29) is 5.41 Å². The third-order valence-electron chi connectivity index (χ3n) is 5.34. The summed E-state index contributed by atoms with van der Waals surface area (Å²) >= 11 is 0. The largest absolute Gasteiger partial charge is 0.376 e. The van der Waals surface area contributed by atoms with Crippen molar-refractivity contribution in [3.8, 4) is 0 Å². The number of pyridine rings is 1. The summed E-state index contributed by atoms with van der Waals surface area (Å²) in [7, 11) is 0. The highest BCUT2D eigenvalue weighted by atomic mass is 19.1. The van der Waals surface area contributed by atoms with E-state index in [4.69, 9.17) is 4.74 Å². The lowest BCUT2D eigenvalue weighted by Crippen LogP contribution is -2.32. The molecule has 2 aliphatic rings. The minimum absolute atomic E-state index is 0.171. The smallest absolute Gasteiger partial charge is 0.225 e. The molecule has 5 nitrogen and oxygen atoms in total. The van der Waals surface area contributed by atoms with Gasteiger partial charge in [0.2, 0.25) is 5.95 Å². The van der Waals surface area contributed by atoms with Crippen LogP contribution in [0.4, 0.5) is 10.3 Å². The van der Waals surface area contributed by atoms with Gasteiger partial charge in [0.05, 0.1) is 25.6 Å². The maximum absolute atomic E-state index is 13.0. The van der Waals surface area contributed by atoms with E-state index in [2.05, 4.69) is 19.9 Å². The average Bonchev–Trinajstić information content (AvgIpc) is 3.14. The van der Waals surface area contributed by atoms with E-state index >= 15 is 0 Å². The molecule has 0 aromatic carbocycles. The Labute approximate surface area is 140 Å². The van der Waals surface area contributed by atoms with E-state index in [9.17, 15) is 4.39 Å². The summed E-state index contributed by atoms with van der Waals surface area (Å²) in [5.74, 6) is 0.830. The van der Waals surface area contributed by atoms with Crippen LogP contribution >= 0.6 is 0 Å². The van der Waals surface area contributed by atoms with Crippen molar-refractivity contribution in [2.45, 2.75) is 25.9 Å². The molecule has 3 heterocycles. The molecule has 1 saturated heterocycles. The zero-order valence-electron chi connectivity index (χ0n) is 13.6. The Bertz CT molecular complexity index is 681. The van der Waals surface area contributed by atoms with Crippen molar-refractivity contribution in [3.63, 3.8) is 0 Å². The molecule has 2 fully saturated rings. The lowest BCUT2D eigenvalue weighted by molar-refractivity contribution is 0.0315. The fraction of sp³-hybridized carbons (Fsp3) is 0.500. The van der Waals surface area contributed by atoms with Gasteiger partial charge in [-0.3, -0.25) is 4.98 Å². The number of hydrogen-bond donors (Lipinski definition) is 0. The van der Waals surface area contributed by atoms with Gasteiger partial charge in [-0.1, -0.05) is 6.42 Å². The van der Waals surface area contributed by atoms with Crippen LogP contribution in [0.15, 0.2) is 36.9 Å². The fourth-order valence-corrected chi connectivity index (χ4v) is 4.12. The van der Waals surface area contributed by atoms with E-state index < -0.39 is 5.82 Å². The number of fused-ring (bicyclic) bond motifs is 1. The topological polar surface area (TPSA) is 51.1 Å². The summed E-state index contributed by atoms with van der Waals surface area (Å²) in [5, 5.41) is 0. The average molecular weight is 328 g/mol. The van der Waals surface area contributed by atoms with Crippen molar-refractivity contribution in [1.29, 1.82) is 0 Å². The Kier molecular flexibility index (Phi) is 4.14. The van der Waals surface area contributed by atoms with E-state index in [1.54, 1.807) is 12.4 Å². The van der Waals surface area contributed by atoms with Gasteiger partial charge in [0.25, 0.3) is 0 Å². The molecule has 1 saturated carbocycles. The molecular formula is C18H21FN4O. The van der Waals surface area contributed by atoms with Crippen LogP contribution < -0.4 is 4.90 Å². The fourth-order valence-electron chi connectivity index (χ4n) is 4.12. The van der Waals surface area contributed by atoms with E-state index in [1.165, 1.54) is 31.7 Å². The van der Waals surface area contributed by atoms with Crippen LogP contribution in [0, 0.1) is 17.2 Å². The van der Waals surface area contributed by atoms with Gasteiger partial charge in [0, 0.05) is 30.9 Å². The Morgan fingerprint density at radius 1 is 1.25 bits per heavy atom. The third kappa shape index (κ3) is 2.98. The molecule has 2 atom stereocenters. The summed E-state index contributed by atoms with van der Waals surface area (Å²) in [5.41, 5.74) is 1.32. The van der Waals surface area contributed by atoms with E-state index in [0.29, 0.717) is 18.5 Å². The molecule has 2 aromatic heterocycles. The van der Waals surface area contributed by atoms with Gasteiger partial charge in [-0.05, 0) is 36.5 Å². The van der Waals surface area contributed by atoms with Crippen molar-refractivity contribution in [3.05, 3.63) is 48.3 Å². The number of nitrogens with zero attached hydrogens (tertiary/aromatic N) is 4. The Hall–Kier alpha value is -2.08. The molecular weight excluding hydrogens is 307 g/mol. The van der Waals surface area contributed by atoms with Crippen molar-refractivity contribution >= 4 is 5.95 Å². The zero-order chi connectivity index (χ0) is 16.4. The predicted octanol–water partition coefficient (Wildman–Crippen LogP) is 2.83. The molecule has 126 valence electrons. The standard InChI is InChI=1S/C18H21FN4O/c19-16-8-21-17(22-9-16)23-10-15-2-1-5-18(15,12-23)13-24-11-14-3-6-20-7-4-14/h3-4,6-9,15H,1-2,5,10-13H2/t15-,18+/m1/s1. The number of anilines is 1. The van der Waals surface area contributed by atoms with Crippen LogP contribution in [0.25, 0.3) is 0 Å². The van der Waals surface area contributed by atoms with Gasteiger partial charge in [-0.15, -0.1) is 0 Å². The number of halogens is 1. The van der Waals surface area contributed by atoms with Crippen LogP contribution in [0.1, 0.15) is 24.8 Å².